The molecule has 1 saturated carbocycles. The molecule has 106 valence electrons. The summed E-state index contributed by atoms with van der Waals surface area (Å²) < 4.78 is 6.47. The SMILES string of the molecule is CCCC(COC)NC1CC(c2cccc(Br)c2)C1. The summed E-state index contributed by atoms with van der Waals surface area (Å²) in [4.78, 5) is 0. The van der Waals surface area contributed by atoms with Crippen LogP contribution in [0.5, 0.6) is 0 Å². The van der Waals surface area contributed by atoms with Gasteiger partial charge in [-0.25, -0.2) is 0 Å². The lowest BCUT2D eigenvalue weighted by molar-refractivity contribution is 0.141. The van der Waals surface area contributed by atoms with Gasteiger partial charge in [-0.2, -0.15) is 0 Å². The lowest BCUT2D eigenvalue weighted by atomic mass is 9.75. The Labute approximate surface area is 125 Å². The standard InChI is InChI=1S/C16H24BrNO/c1-3-5-15(11-19-2)18-16-9-13(10-16)12-6-4-7-14(17)8-12/h4,6-8,13,15-16,18H,3,5,9-11H2,1-2H3. The van der Waals surface area contributed by atoms with Gasteiger partial charge in [0.15, 0.2) is 0 Å². The summed E-state index contributed by atoms with van der Waals surface area (Å²) in [6, 6.07) is 9.89. The molecule has 0 radical (unpaired) electrons. The predicted molar refractivity (Wildman–Crippen MR) is 83.6 cm³/mol. The first-order valence-corrected chi connectivity index (χ1v) is 8.02. The van der Waals surface area contributed by atoms with Gasteiger partial charge >= 0.3 is 0 Å². The molecule has 1 aromatic rings. The van der Waals surface area contributed by atoms with Gasteiger partial charge in [0, 0.05) is 23.7 Å². The Hall–Kier alpha value is -0.380. The minimum absolute atomic E-state index is 0.517. The van der Waals surface area contributed by atoms with Gasteiger partial charge in [-0.3, -0.25) is 0 Å². The molecule has 0 aromatic heterocycles. The van der Waals surface area contributed by atoms with E-state index in [4.69, 9.17) is 4.74 Å². The van der Waals surface area contributed by atoms with Crippen LogP contribution in [-0.4, -0.2) is 25.8 Å². The zero-order valence-corrected chi connectivity index (χ0v) is 13.4. The van der Waals surface area contributed by atoms with E-state index in [0.29, 0.717) is 12.1 Å². The van der Waals surface area contributed by atoms with Gasteiger partial charge in [0.25, 0.3) is 0 Å². The van der Waals surface area contributed by atoms with E-state index in [9.17, 15) is 0 Å². The molecule has 1 atom stereocenters. The van der Waals surface area contributed by atoms with Crippen LogP contribution in [0.2, 0.25) is 0 Å². The number of hydrogen-bond donors (Lipinski definition) is 1. The fourth-order valence-corrected chi connectivity index (χ4v) is 3.30. The van der Waals surface area contributed by atoms with Crippen LogP contribution >= 0.6 is 15.9 Å². The van der Waals surface area contributed by atoms with Crippen molar-refractivity contribution >= 4 is 15.9 Å². The number of benzene rings is 1. The van der Waals surface area contributed by atoms with Crippen molar-refractivity contribution < 1.29 is 4.74 Å². The first-order chi connectivity index (χ1) is 9.22. The summed E-state index contributed by atoms with van der Waals surface area (Å²) in [6.45, 7) is 3.06. The van der Waals surface area contributed by atoms with Crippen LogP contribution < -0.4 is 5.32 Å². The molecule has 0 saturated heterocycles. The van der Waals surface area contributed by atoms with E-state index in [1.807, 2.05) is 0 Å². The molecule has 1 aromatic carbocycles. The van der Waals surface area contributed by atoms with Crippen LogP contribution in [0.25, 0.3) is 0 Å². The van der Waals surface area contributed by atoms with Crippen molar-refractivity contribution in [1.82, 2.24) is 5.32 Å². The molecule has 1 unspecified atom stereocenters. The number of halogens is 1. The Bertz CT molecular complexity index is 384. The monoisotopic (exact) mass is 325 g/mol. The Morgan fingerprint density at radius 2 is 2.21 bits per heavy atom. The van der Waals surface area contributed by atoms with Crippen molar-refractivity contribution in [2.75, 3.05) is 13.7 Å². The second-order valence-corrected chi connectivity index (χ2v) is 6.44. The van der Waals surface area contributed by atoms with Crippen molar-refractivity contribution in [2.24, 2.45) is 0 Å². The van der Waals surface area contributed by atoms with Crippen molar-refractivity contribution in [3.05, 3.63) is 34.3 Å². The predicted octanol–water partition coefficient (Wildman–Crippen LogP) is 4.10. The fourth-order valence-electron chi connectivity index (χ4n) is 2.88. The molecule has 3 heteroatoms. The second kappa shape index (κ2) is 7.41. The summed E-state index contributed by atoms with van der Waals surface area (Å²) in [7, 11) is 1.79. The molecule has 2 nitrogen and oxygen atoms in total. The third-order valence-electron chi connectivity index (χ3n) is 3.93. The molecular weight excluding hydrogens is 302 g/mol. The van der Waals surface area contributed by atoms with Crippen LogP contribution in [0.4, 0.5) is 0 Å². The minimum Gasteiger partial charge on any atom is -0.383 e. The first-order valence-electron chi connectivity index (χ1n) is 7.23. The number of methoxy groups -OCH3 is 1. The van der Waals surface area contributed by atoms with Gasteiger partial charge in [0.1, 0.15) is 0 Å². The molecule has 0 aliphatic heterocycles. The Kier molecular flexibility index (Phi) is 5.86. The van der Waals surface area contributed by atoms with Crippen molar-refractivity contribution in [3.8, 4) is 0 Å². The average molecular weight is 326 g/mol. The highest BCUT2D eigenvalue weighted by Gasteiger charge is 2.31. The van der Waals surface area contributed by atoms with Gasteiger partial charge in [0.05, 0.1) is 6.61 Å². The summed E-state index contributed by atoms with van der Waals surface area (Å²) in [5, 5.41) is 3.73. The molecule has 0 heterocycles. The number of rotatable bonds is 7. The van der Waals surface area contributed by atoms with Crippen molar-refractivity contribution in [3.63, 3.8) is 0 Å². The van der Waals surface area contributed by atoms with Crippen molar-refractivity contribution in [2.45, 2.75) is 50.6 Å². The Morgan fingerprint density at radius 1 is 1.42 bits per heavy atom. The summed E-state index contributed by atoms with van der Waals surface area (Å²) in [6.07, 6.45) is 4.91. The van der Waals surface area contributed by atoms with Crippen molar-refractivity contribution in [1.29, 1.82) is 0 Å². The Balaban J connectivity index is 1.79. The third-order valence-corrected chi connectivity index (χ3v) is 4.43. The van der Waals surface area contributed by atoms with Crippen LogP contribution in [-0.2, 0) is 4.74 Å². The quantitative estimate of drug-likeness (QED) is 0.814. The normalized spacial score (nSPS) is 23.9. The summed E-state index contributed by atoms with van der Waals surface area (Å²) in [5.41, 5.74) is 1.46. The lowest BCUT2D eigenvalue weighted by Gasteiger charge is -2.38. The molecule has 1 N–H and O–H groups in total. The molecule has 2 rings (SSSR count). The van der Waals surface area contributed by atoms with E-state index >= 15 is 0 Å². The molecule has 19 heavy (non-hydrogen) atoms. The summed E-state index contributed by atoms with van der Waals surface area (Å²) >= 11 is 3.55. The van der Waals surface area contributed by atoms with Gasteiger partial charge in [-0.1, -0.05) is 41.4 Å². The van der Waals surface area contributed by atoms with E-state index in [-0.39, 0.29) is 0 Å². The zero-order chi connectivity index (χ0) is 13.7. The second-order valence-electron chi connectivity index (χ2n) is 5.53. The van der Waals surface area contributed by atoms with Crippen LogP contribution in [0, 0.1) is 0 Å². The minimum atomic E-state index is 0.517. The van der Waals surface area contributed by atoms with Gasteiger partial charge < -0.3 is 10.1 Å². The van der Waals surface area contributed by atoms with E-state index in [2.05, 4.69) is 52.4 Å². The largest absolute Gasteiger partial charge is 0.383 e. The number of ether oxygens (including phenoxy) is 1. The van der Waals surface area contributed by atoms with E-state index in [0.717, 1.165) is 12.5 Å². The van der Waals surface area contributed by atoms with Crippen LogP contribution in [0.3, 0.4) is 0 Å². The maximum atomic E-state index is 5.28. The topological polar surface area (TPSA) is 21.3 Å². The molecule has 0 spiro atoms. The maximum absolute atomic E-state index is 5.28. The molecule has 0 amide bonds. The molecule has 1 fully saturated rings. The number of nitrogens with one attached hydrogen (secondary N) is 1. The Morgan fingerprint density at radius 3 is 2.84 bits per heavy atom. The van der Waals surface area contributed by atoms with Gasteiger partial charge in [-0.15, -0.1) is 0 Å². The molecule has 0 bridgehead atoms. The van der Waals surface area contributed by atoms with Gasteiger partial charge in [-0.05, 0) is 42.9 Å². The van der Waals surface area contributed by atoms with Crippen LogP contribution in [0.1, 0.15) is 44.1 Å². The van der Waals surface area contributed by atoms with E-state index in [1.54, 1.807) is 7.11 Å². The van der Waals surface area contributed by atoms with Gasteiger partial charge in [0.2, 0.25) is 0 Å². The van der Waals surface area contributed by atoms with E-state index in [1.165, 1.54) is 35.7 Å². The van der Waals surface area contributed by atoms with E-state index < -0.39 is 0 Å². The van der Waals surface area contributed by atoms with Crippen LogP contribution in [0.15, 0.2) is 28.7 Å². The molecule has 1 aliphatic carbocycles. The molecule has 1 aliphatic rings. The lowest BCUT2D eigenvalue weighted by Crippen LogP contribution is -2.47. The zero-order valence-electron chi connectivity index (χ0n) is 11.9. The third kappa shape index (κ3) is 4.30. The highest BCUT2D eigenvalue weighted by molar-refractivity contribution is 9.10. The first kappa shape index (κ1) is 15.0. The maximum Gasteiger partial charge on any atom is 0.0615 e. The highest BCUT2D eigenvalue weighted by atomic mass is 79.9. The fraction of sp³-hybridized carbons (Fsp3) is 0.625. The number of hydrogen-bond acceptors (Lipinski definition) is 2. The smallest absolute Gasteiger partial charge is 0.0615 e. The summed E-state index contributed by atoms with van der Waals surface area (Å²) in [5.74, 6) is 0.722. The molecular formula is C16H24BrNO. The average Bonchev–Trinajstić information content (AvgIpc) is 2.33. The highest BCUT2D eigenvalue weighted by Crippen LogP contribution is 2.37.